The second kappa shape index (κ2) is 7.85. The van der Waals surface area contributed by atoms with Gasteiger partial charge < -0.3 is 9.64 Å². The van der Waals surface area contributed by atoms with Crippen LogP contribution in [0.25, 0.3) is 0 Å². The van der Waals surface area contributed by atoms with Crippen LogP contribution in [-0.2, 0) is 16.1 Å². The minimum absolute atomic E-state index is 0.0236. The number of nitrogens with zero attached hydrogens (tertiary/aromatic N) is 1. The number of carbonyl (C=O) groups excluding carboxylic acids is 1. The van der Waals surface area contributed by atoms with E-state index in [2.05, 4.69) is 0 Å². The Balaban J connectivity index is 2.28. The Morgan fingerprint density at radius 2 is 2.00 bits per heavy atom. The summed E-state index contributed by atoms with van der Waals surface area (Å²) in [6.45, 7) is 0.696. The minimum atomic E-state index is -0.892. The number of amides is 1. The van der Waals surface area contributed by atoms with Gasteiger partial charge in [0.1, 0.15) is 4.08 Å². The molecule has 128 valence electrons. The molecule has 1 aliphatic rings. The van der Waals surface area contributed by atoms with Crippen LogP contribution in [0.2, 0.25) is 0 Å². The van der Waals surface area contributed by atoms with Gasteiger partial charge in [-0.05, 0) is 43.0 Å². The second-order valence-corrected chi connectivity index (χ2v) is 7.96. The van der Waals surface area contributed by atoms with E-state index in [1.165, 1.54) is 29.6 Å². The van der Waals surface area contributed by atoms with Crippen LogP contribution in [0.15, 0.2) is 18.2 Å². The molecular weight excluding hydrogens is 340 g/mol. The molecule has 0 bridgehead atoms. The van der Waals surface area contributed by atoms with E-state index in [0.717, 1.165) is 25.0 Å². The van der Waals surface area contributed by atoms with Gasteiger partial charge in [-0.3, -0.25) is 4.79 Å². The van der Waals surface area contributed by atoms with Crippen molar-refractivity contribution in [1.29, 1.82) is 0 Å². The fourth-order valence-electron chi connectivity index (χ4n) is 2.87. The first-order valence-electron chi connectivity index (χ1n) is 7.31. The lowest BCUT2D eigenvalue weighted by atomic mass is 10.00. The van der Waals surface area contributed by atoms with Crippen LogP contribution in [-0.4, -0.2) is 47.2 Å². The van der Waals surface area contributed by atoms with E-state index >= 15 is 0 Å². The molecule has 0 N–H and O–H groups in total. The Morgan fingerprint density at radius 3 is 2.57 bits per heavy atom. The van der Waals surface area contributed by atoms with Gasteiger partial charge in [0.15, 0.2) is 11.6 Å². The molecule has 1 atom stereocenters. The van der Waals surface area contributed by atoms with Crippen molar-refractivity contribution in [1.82, 2.24) is 4.90 Å². The third-order valence-electron chi connectivity index (χ3n) is 4.19. The highest BCUT2D eigenvalue weighted by molar-refractivity contribution is 8.18. The van der Waals surface area contributed by atoms with E-state index in [9.17, 15) is 13.6 Å². The molecule has 1 heterocycles. The van der Waals surface area contributed by atoms with Crippen LogP contribution < -0.4 is 0 Å². The molecule has 0 spiro atoms. The van der Waals surface area contributed by atoms with Crippen molar-refractivity contribution >= 4 is 29.4 Å². The summed E-state index contributed by atoms with van der Waals surface area (Å²) in [6.07, 6.45) is 5.46. The van der Waals surface area contributed by atoms with Crippen molar-refractivity contribution in [2.75, 3.05) is 26.2 Å². The van der Waals surface area contributed by atoms with E-state index in [1.54, 1.807) is 12.0 Å². The molecule has 23 heavy (non-hydrogen) atoms. The Labute approximate surface area is 144 Å². The third kappa shape index (κ3) is 3.83. The van der Waals surface area contributed by atoms with Gasteiger partial charge in [-0.2, -0.15) is 0 Å². The maximum absolute atomic E-state index is 13.4. The maximum Gasteiger partial charge on any atom is 0.249 e. The van der Waals surface area contributed by atoms with Crippen LogP contribution in [0.5, 0.6) is 0 Å². The number of piperidine rings is 1. The Morgan fingerprint density at radius 1 is 1.30 bits per heavy atom. The van der Waals surface area contributed by atoms with E-state index < -0.39 is 15.7 Å². The molecule has 3 nitrogen and oxygen atoms in total. The molecule has 0 radical (unpaired) electrons. The lowest BCUT2D eigenvalue weighted by Gasteiger charge is -2.44. The van der Waals surface area contributed by atoms with Crippen molar-refractivity contribution in [3.05, 3.63) is 35.4 Å². The monoisotopic (exact) mass is 361 g/mol. The summed E-state index contributed by atoms with van der Waals surface area (Å²) < 4.78 is 31.3. The number of hydrogen-bond acceptors (Lipinski definition) is 4. The third-order valence-corrected chi connectivity index (χ3v) is 7.27. The lowest BCUT2D eigenvalue weighted by molar-refractivity contribution is -0.139. The highest BCUT2D eigenvalue weighted by atomic mass is 32.2. The highest BCUT2D eigenvalue weighted by Gasteiger charge is 2.46. The molecule has 0 aliphatic carbocycles. The van der Waals surface area contributed by atoms with Crippen molar-refractivity contribution < 1.29 is 18.3 Å². The van der Waals surface area contributed by atoms with Crippen LogP contribution in [0.4, 0.5) is 8.78 Å². The fraction of sp³-hybridized carbons (Fsp3) is 0.562. The van der Waals surface area contributed by atoms with E-state index in [1.807, 2.05) is 12.5 Å². The Kier molecular flexibility index (Phi) is 6.33. The number of ether oxygens (including phenoxy) is 1. The molecular formula is C16H21F2NO2S2. The molecule has 1 aromatic carbocycles. The highest BCUT2D eigenvalue weighted by Crippen LogP contribution is 2.44. The topological polar surface area (TPSA) is 29.5 Å². The summed E-state index contributed by atoms with van der Waals surface area (Å²) in [7, 11) is 1.60. The van der Waals surface area contributed by atoms with Crippen molar-refractivity contribution in [2.24, 2.45) is 0 Å². The van der Waals surface area contributed by atoms with Gasteiger partial charge in [0.2, 0.25) is 5.91 Å². The number of likely N-dealkylation sites (tertiary alicyclic amines) is 1. The maximum atomic E-state index is 13.4. The lowest BCUT2D eigenvalue weighted by Crippen LogP contribution is -2.55. The van der Waals surface area contributed by atoms with Crippen LogP contribution in [0.1, 0.15) is 18.4 Å². The summed E-state index contributed by atoms with van der Waals surface area (Å²) in [5.74, 6) is -1.75. The first kappa shape index (κ1) is 18.5. The molecule has 1 aliphatic heterocycles. The Hall–Kier alpha value is -0.790. The smallest absolute Gasteiger partial charge is 0.249 e. The van der Waals surface area contributed by atoms with Gasteiger partial charge in [0.05, 0.1) is 12.6 Å². The van der Waals surface area contributed by atoms with Crippen molar-refractivity contribution in [3.8, 4) is 0 Å². The van der Waals surface area contributed by atoms with Gasteiger partial charge in [0, 0.05) is 13.7 Å². The molecule has 0 unspecified atom stereocenters. The summed E-state index contributed by atoms with van der Waals surface area (Å²) in [5, 5.41) is 0. The predicted octanol–water partition coefficient (Wildman–Crippen LogP) is 3.52. The van der Waals surface area contributed by atoms with Gasteiger partial charge in [-0.25, -0.2) is 8.78 Å². The van der Waals surface area contributed by atoms with Crippen LogP contribution in [0.3, 0.4) is 0 Å². The number of hydrogen-bond donors (Lipinski definition) is 0. The molecule has 7 heteroatoms. The van der Waals surface area contributed by atoms with E-state index in [-0.39, 0.29) is 18.5 Å². The summed E-state index contributed by atoms with van der Waals surface area (Å²) in [6, 6.07) is 3.72. The normalized spacial score (nSPS) is 20.8. The first-order chi connectivity index (χ1) is 11.0. The standard InChI is InChI=1S/C16H21F2NO2S2/c1-21-10-12-6-7-16(22-2,23-3)15(20)19(12)9-11-4-5-13(17)14(18)8-11/h4-5,8,12H,6-7,9-10H2,1-3H3/t12-/m1/s1. The zero-order valence-corrected chi connectivity index (χ0v) is 15.1. The molecule has 0 aromatic heterocycles. The summed E-state index contributed by atoms with van der Waals surface area (Å²) in [5.41, 5.74) is 0.580. The molecule has 1 saturated heterocycles. The minimum Gasteiger partial charge on any atom is -0.383 e. The van der Waals surface area contributed by atoms with Crippen molar-refractivity contribution in [2.45, 2.75) is 29.5 Å². The zero-order valence-electron chi connectivity index (χ0n) is 13.5. The number of halogens is 2. The molecule has 1 amide bonds. The second-order valence-electron chi connectivity index (χ2n) is 5.49. The SMILES string of the molecule is COC[C@H]1CCC(SC)(SC)C(=O)N1Cc1ccc(F)c(F)c1. The average Bonchev–Trinajstić information content (AvgIpc) is 2.55. The fourth-order valence-corrected chi connectivity index (χ4v) is 4.76. The van der Waals surface area contributed by atoms with Gasteiger partial charge in [0.25, 0.3) is 0 Å². The average molecular weight is 361 g/mol. The number of benzene rings is 1. The van der Waals surface area contributed by atoms with Crippen molar-refractivity contribution in [3.63, 3.8) is 0 Å². The number of methoxy groups -OCH3 is 1. The first-order valence-corrected chi connectivity index (χ1v) is 9.76. The quantitative estimate of drug-likeness (QED) is 0.725. The number of thioether (sulfide) groups is 2. The predicted molar refractivity (Wildman–Crippen MR) is 91.6 cm³/mol. The molecule has 1 aromatic rings. The molecule has 2 rings (SSSR count). The zero-order chi connectivity index (χ0) is 17.0. The van der Waals surface area contributed by atoms with Crippen LogP contribution >= 0.6 is 23.5 Å². The van der Waals surface area contributed by atoms with Gasteiger partial charge >= 0.3 is 0 Å². The van der Waals surface area contributed by atoms with E-state index in [4.69, 9.17) is 4.74 Å². The van der Waals surface area contributed by atoms with E-state index in [0.29, 0.717) is 12.2 Å². The molecule has 1 fully saturated rings. The summed E-state index contributed by atoms with van der Waals surface area (Å²) in [4.78, 5) is 14.8. The van der Waals surface area contributed by atoms with Crippen LogP contribution in [0, 0.1) is 11.6 Å². The number of rotatable bonds is 6. The number of carbonyl (C=O) groups is 1. The van der Waals surface area contributed by atoms with Gasteiger partial charge in [-0.1, -0.05) is 6.07 Å². The Bertz CT molecular complexity index is 567. The summed E-state index contributed by atoms with van der Waals surface area (Å²) >= 11 is 3.08. The largest absolute Gasteiger partial charge is 0.383 e. The molecule has 0 saturated carbocycles. The van der Waals surface area contributed by atoms with Gasteiger partial charge in [-0.15, -0.1) is 23.5 Å².